The van der Waals surface area contributed by atoms with E-state index in [4.69, 9.17) is 4.74 Å². The number of hydrogen-bond donors (Lipinski definition) is 1. The van der Waals surface area contributed by atoms with E-state index in [1.54, 1.807) is 11.1 Å². The maximum absolute atomic E-state index is 13.1. The molecular formula is C28H25N5O2. The van der Waals surface area contributed by atoms with Crippen LogP contribution in [0.2, 0.25) is 0 Å². The Morgan fingerprint density at radius 3 is 2.49 bits per heavy atom. The second-order valence-corrected chi connectivity index (χ2v) is 9.06. The summed E-state index contributed by atoms with van der Waals surface area (Å²) in [6.45, 7) is 3.36. The molecule has 35 heavy (non-hydrogen) atoms. The van der Waals surface area contributed by atoms with Crippen molar-refractivity contribution in [2.75, 3.05) is 13.2 Å². The minimum atomic E-state index is -0.714. The third-order valence-electron chi connectivity index (χ3n) is 6.83. The van der Waals surface area contributed by atoms with Crippen molar-refractivity contribution in [1.82, 2.24) is 20.3 Å². The molecule has 4 aromatic rings. The van der Waals surface area contributed by atoms with Crippen LogP contribution in [0.25, 0.3) is 33.5 Å². The number of carbonyl (C=O) groups excluding carboxylic acids is 1. The van der Waals surface area contributed by atoms with Gasteiger partial charge in [-0.15, -0.1) is 0 Å². The van der Waals surface area contributed by atoms with Crippen LogP contribution >= 0.6 is 0 Å². The molecule has 174 valence electrons. The molecule has 1 saturated heterocycles. The van der Waals surface area contributed by atoms with Gasteiger partial charge in [0, 0.05) is 18.6 Å². The van der Waals surface area contributed by atoms with Crippen molar-refractivity contribution in [3.05, 3.63) is 84.6 Å². The van der Waals surface area contributed by atoms with Crippen molar-refractivity contribution in [2.45, 2.75) is 25.4 Å². The molecule has 2 aliphatic rings. The first-order valence-corrected chi connectivity index (χ1v) is 11.7. The van der Waals surface area contributed by atoms with Gasteiger partial charge < -0.3 is 4.74 Å². The van der Waals surface area contributed by atoms with E-state index in [0.29, 0.717) is 26.2 Å². The molecular weight excluding hydrogens is 438 g/mol. The number of aliphatic imine (C=N–C) groups is 1. The summed E-state index contributed by atoms with van der Waals surface area (Å²) >= 11 is 0. The third kappa shape index (κ3) is 3.84. The molecule has 6 rings (SSSR count). The van der Waals surface area contributed by atoms with Gasteiger partial charge in [0.1, 0.15) is 11.5 Å². The first kappa shape index (κ1) is 21.4. The zero-order valence-electron chi connectivity index (χ0n) is 19.4. The second-order valence-electron chi connectivity index (χ2n) is 9.06. The van der Waals surface area contributed by atoms with Gasteiger partial charge in [0.05, 0.1) is 19.3 Å². The molecule has 1 spiro atoms. The lowest BCUT2D eigenvalue weighted by Crippen LogP contribution is -2.42. The van der Waals surface area contributed by atoms with E-state index in [1.807, 2.05) is 25.1 Å². The van der Waals surface area contributed by atoms with Gasteiger partial charge in [-0.3, -0.25) is 14.7 Å². The molecule has 3 heterocycles. The summed E-state index contributed by atoms with van der Waals surface area (Å²) in [5, 5.41) is 11.0. The monoisotopic (exact) mass is 463 g/mol. The Morgan fingerprint density at radius 2 is 1.77 bits per heavy atom. The highest BCUT2D eigenvalue weighted by Gasteiger charge is 2.49. The smallest absolute Gasteiger partial charge is 0.258 e. The first-order valence-electron chi connectivity index (χ1n) is 11.7. The van der Waals surface area contributed by atoms with Gasteiger partial charge in [-0.1, -0.05) is 66.7 Å². The summed E-state index contributed by atoms with van der Waals surface area (Å²) in [6.07, 6.45) is 2.39. The van der Waals surface area contributed by atoms with Crippen LogP contribution in [0.3, 0.4) is 0 Å². The molecule has 1 atom stereocenters. The Morgan fingerprint density at radius 1 is 0.971 bits per heavy atom. The molecule has 1 aromatic heterocycles. The fourth-order valence-corrected chi connectivity index (χ4v) is 4.93. The van der Waals surface area contributed by atoms with E-state index in [1.165, 1.54) is 0 Å². The number of H-pyrrole nitrogens is 1. The molecule has 1 unspecified atom stereocenters. The van der Waals surface area contributed by atoms with Crippen LogP contribution in [0.15, 0.2) is 84.0 Å². The van der Waals surface area contributed by atoms with Gasteiger partial charge in [-0.25, -0.2) is 0 Å². The van der Waals surface area contributed by atoms with Crippen LogP contribution in [-0.4, -0.2) is 50.8 Å². The van der Waals surface area contributed by atoms with Gasteiger partial charge in [0.15, 0.2) is 5.54 Å². The summed E-state index contributed by atoms with van der Waals surface area (Å²) in [5.74, 6) is 0.800. The van der Waals surface area contributed by atoms with Crippen LogP contribution in [-0.2, 0) is 16.1 Å². The fourth-order valence-electron chi connectivity index (χ4n) is 4.93. The number of ether oxygens (including phenoxy) is 1. The van der Waals surface area contributed by atoms with Crippen LogP contribution in [0.5, 0.6) is 0 Å². The Kier molecular flexibility index (Phi) is 5.26. The summed E-state index contributed by atoms with van der Waals surface area (Å²) < 4.78 is 5.48. The molecule has 7 nitrogen and oxygen atoms in total. The Labute approximate surface area is 203 Å². The average Bonchev–Trinajstić information content (AvgIpc) is 3.64. The van der Waals surface area contributed by atoms with Gasteiger partial charge in [-0.2, -0.15) is 15.4 Å². The highest BCUT2D eigenvalue weighted by atomic mass is 16.5. The number of rotatable bonds is 5. The number of amidine groups is 1. The van der Waals surface area contributed by atoms with Gasteiger partial charge >= 0.3 is 0 Å². The summed E-state index contributed by atoms with van der Waals surface area (Å²) in [5.41, 5.74) is 6.57. The first-order chi connectivity index (χ1) is 17.1. The number of nitrogens with one attached hydrogen (secondary N) is 1. The second kappa shape index (κ2) is 8.60. The average molecular weight is 464 g/mol. The molecule has 1 N–H and O–H groups in total. The maximum Gasteiger partial charge on any atom is 0.258 e. The molecule has 2 aliphatic heterocycles. The number of amides is 1. The van der Waals surface area contributed by atoms with Crippen molar-refractivity contribution in [1.29, 1.82) is 0 Å². The van der Waals surface area contributed by atoms with Crippen molar-refractivity contribution in [2.24, 2.45) is 4.99 Å². The lowest BCUT2D eigenvalue weighted by Gasteiger charge is -2.21. The van der Waals surface area contributed by atoms with Gasteiger partial charge in [0.25, 0.3) is 5.91 Å². The predicted octanol–water partition coefficient (Wildman–Crippen LogP) is 4.73. The van der Waals surface area contributed by atoms with E-state index in [9.17, 15) is 4.79 Å². The van der Waals surface area contributed by atoms with E-state index >= 15 is 0 Å². The maximum atomic E-state index is 13.1. The normalized spacial score (nSPS) is 19.5. The predicted molar refractivity (Wildman–Crippen MR) is 135 cm³/mol. The number of benzene rings is 3. The van der Waals surface area contributed by atoms with Crippen LogP contribution in [0.4, 0.5) is 0 Å². The fraction of sp³-hybridized carbons (Fsp3) is 0.214. The van der Waals surface area contributed by atoms with Crippen molar-refractivity contribution in [3.8, 4) is 33.5 Å². The molecule has 0 saturated carbocycles. The third-order valence-corrected chi connectivity index (χ3v) is 6.83. The van der Waals surface area contributed by atoms with Gasteiger partial charge in [-0.05, 0) is 40.8 Å². The van der Waals surface area contributed by atoms with Crippen molar-refractivity contribution < 1.29 is 9.53 Å². The van der Waals surface area contributed by atoms with Crippen molar-refractivity contribution in [3.63, 3.8) is 0 Å². The van der Waals surface area contributed by atoms with Crippen LogP contribution in [0.1, 0.15) is 18.9 Å². The lowest BCUT2D eigenvalue weighted by atomic mass is 9.93. The molecule has 0 radical (unpaired) electrons. The highest BCUT2D eigenvalue weighted by Crippen LogP contribution is 2.36. The molecule has 0 bridgehead atoms. The minimum Gasteiger partial charge on any atom is -0.378 e. The number of aromatic nitrogens is 3. The van der Waals surface area contributed by atoms with E-state index < -0.39 is 5.54 Å². The Balaban J connectivity index is 1.31. The standard InChI is InChI=1S/C28H25N5O2/c1-19-30-28(13-14-35-18-28)27(34)33(19)17-20-7-9-22(10-8-20)25-15-23(21-5-3-2-4-6-21)11-12-24(25)26-16-29-32-31-26/h2-12,15-16H,13-14,17-18H2,1H3,(H,29,31,32). The number of hydrogen-bond acceptors (Lipinski definition) is 5. The SMILES string of the molecule is CC1=NC2(CCOC2)C(=O)N1Cc1ccc(-c2cc(-c3ccccc3)ccc2-c2cn[nH]n2)cc1. The molecule has 1 amide bonds. The summed E-state index contributed by atoms with van der Waals surface area (Å²) in [4.78, 5) is 19.5. The molecule has 3 aromatic carbocycles. The Hall–Kier alpha value is -4.10. The number of aromatic amines is 1. The topological polar surface area (TPSA) is 83.5 Å². The van der Waals surface area contributed by atoms with Crippen LogP contribution in [0, 0.1) is 0 Å². The highest BCUT2D eigenvalue weighted by molar-refractivity contribution is 6.07. The minimum absolute atomic E-state index is 0.0421. The summed E-state index contributed by atoms with van der Waals surface area (Å²) in [7, 11) is 0. The largest absolute Gasteiger partial charge is 0.378 e. The quantitative estimate of drug-likeness (QED) is 0.464. The Bertz CT molecular complexity index is 1390. The zero-order valence-corrected chi connectivity index (χ0v) is 19.4. The van der Waals surface area contributed by atoms with Gasteiger partial charge in [0.2, 0.25) is 0 Å². The molecule has 0 aliphatic carbocycles. The van der Waals surface area contributed by atoms with E-state index in [-0.39, 0.29) is 5.91 Å². The number of nitrogens with zero attached hydrogens (tertiary/aromatic N) is 4. The zero-order chi connectivity index (χ0) is 23.8. The van der Waals surface area contributed by atoms with E-state index in [0.717, 1.165) is 44.9 Å². The van der Waals surface area contributed by atoms with Crippen LogP contribution < -0.4 is 0 Å². The molecule has 1 fully saturated rings. The van der Waals surface area contributed by atoms with E-state index in [2.05, 4.69) is 75.0 Å². The lowest BCUT2D eigenvalue weighted by molar-refractivity contribution is -0.131. The van der Waals surface area contributed by atoms with Crippen molar-refractivity contribution >= 4 is 11.7 Å². The molecule has 7 heteroatoms. The summed E-state index contributed by atoms with van der Waals surface area (Å²) in [6, 6.07) is 25.1. The number of carbonyl (C=O) groups is 1.